The zero-order valence-electron chi connectivity index (χ0n) is 10.2. The highest BCUT2D eigenvalue weighted by atomic mass is 32.1. The summed E-state index contributed by atoms with van der Waals surface area (Å²) in [6, 6.07) is 0. The van der Waals surface area contributed by atoms with Gasteiger partial charge < -0.3 is 5.32 Å². The van der Waals surface area contributed by atoms with Crippen LogP contribution < -0.4 is 5.32 Å². The van der Waals surface area contributed by atoms with Crippen molar-refractivity contribution in [2.75, 3.05) is 13.1 Å². The molecule has 0 aliphatic carbocycles. The summed E-state index contributed by atoms with van der Waals surface area (Å²) in [7, 11) is 0. The minimum Gasteiger partial charge on any atom is -0.316 e. The molecule has 15 heavy (non-hydrogen) atoms. The van der Waals surface area contributed by atoms with Gasteiger partial charge in [-0.1, -0.05) is 27.7 Å². The van der Waals surface area contributed by atoms with Crippen LogP contribution in [0.5, 0.6) is 0 Å². The molecule has 0 aliphatic rings. The van der Waals surface area contributed by atoms with Crippen LogP contribution in [0.1, 0.15) is 32.7 Å². The Morgan fingerprint density at radius 1 is 1.53 bits per heavy atom. The molecule has 0 aromatic carbocycles. The second-order valence-electron chi connectivity index (χ2n) is 4.69. The minimum absolute atomic E-state index is 0.313. The van der Waals surface area contributed by atoms with Crippen molar-refractivity contribution in [2.45, 2.75) is 34.1 Å². The summed E-state index contributed by atoms with van der Waals surface area (Å²) in [4.78, 5) is 4.38. The number of hydrogen-bond acceptors (Lipinski definition) is 3. The zero-order valence-corrected chi connectivity index (χ0v) is 11.0. The summed E-state index contributed by atoms with van der Waals surface area (Å²) in [5.74, 6) is 0.667. The number of thiazole rings is 1. The lowest BCUT2D eigenvalue weighted by Gasteiger charge is -2.33. The lowest BCUT2D eigenvalue weighted by atomic mass is 9.76. The summed E-state index contributed by atoms with van der Waals surface area (Å²) < 4.78 is 0. The van der Waals surface area contributed by atoms with Gasteiger partial charge in [0, 0.05) is 24.5 Å². The van der Waals surface area contributed by atoms with E-state index in [1.54, 1.807) is 11.3 Å². The highest BCUT2D eigenvalue weighted by Gasteiger charge is 2.28. The van der Waals surface area contributed by atoms with E-state index in [0.29, 0.717) is 11.3 Å². The third-order valence-electron chi connectivity index (χ3n) is 3.21. The second-order valence-corrected chi connectivity index (χ2v) is 5.67. The fourth-order valence-corrected chi connectivity index (χ4v) is 2.38. The largest absolute Gasteiger partial charge is 0.316 e. The first kappa shape index (κ1) is 12.7. The topological polar surface area (TPSA) is 24.9 Å². The van der Waals surface area contributed by atoms with Crippen molar-refractivity contribution in [1.82, 2.24) is 10.3 Å². The van der Waals surface area contributed by atoms with Crippen LogP contribution in [-0.2, 0) is 6.42 Å². The quantitative estimate of drug-likeness (QED) is 0.806. The average molecular weight is 226 g/mol. The predicted molar refractivity (Wildman–Crippen MR) is 67.3 cm³/mol. The Hall–Kier alpha value is -0.410. The fraction of sp³-hybridized carbons (Fsp3) is 0.750. The molecular weight excluding hydrogens is 204 g/mol. The molecule has 0 bridgehead atoms. The standard InChI is InChI=1S/C12H22N2S/c1-5-13-9-12(4,10(2)3)8-11-14-6-7-15-11/h6-7,10,13H,5,8-9H2,1-4H3. The maximum absolute atomic E-state index is 4.38. The third kappa shape index (κ3) is 3.58. The van der Waals surface area contributed by atoms with E-state index in [0.717, 1.165) is 19.5 Å². The first-order valence-electron chi connectivity index (χ1n) is 5.67. The Balaban J connectivity index is 2.64. The molecule has 0 fully saturated rings. The predicted octanol–water partition coefficient (Wildman–Crippen LogP) is 2.96. The lowest BCUT2D eigenvalue weighted by Crippen LogP contribution is -2.37. The summed E-state index contributed by atoms with van der Waals surface area (Å²) in [5.41, 5.74) is 0.313. The highest BCUT2D eigenvalue weighted by molar-refractivity contribution is 7.09. The van der Waals surface area contributed by atoms with Gasteiger partial charge in [0.1, 0.15) is 0 Å². The van der Waals surface area contributed by atoms with E-state index in [2.05, 4.69) is 43.4 Å². The van der Waals surface area contributed by atoms with Crippen molar-refractivity contribution in [2.24, 2.45) is 11.3 Å². The number of aromatic nitrogens is 1. The number of rotatable bonds is 6. The Morgan fingerprint density at radius 2 is 2.27 bits per heavy atom. The molecule has 1 aromatic heterocycles. The molecule has 1 aromatic rings. The molecule has 1 N–H and O–H groups in total. The van der Waals surface area contributed by atoms with Gasteiger partial charge in [0.25, 0.3) is 0 Å². The molecule has 3 heteroatoms. The summed E-state index contributed by atoms with van der Waals surface area (Å²) in [6.07, 6.45) is 2.98. The number of nitrogens with zero attached hydrogens (tertiary/aromatic N) is 1. The SMILES string of the molecule is CCNCC(C)(Cc1nccs1)C(C)C. The minimum atomic E-state index is 0.313. The van der Waals surface area contributed by atoms with E-state index in [-0.39, 0.29) is 0 Å². The number of hydrogen-bond donors (Lipinski definition) is 1. The molecule has 0 radical (unpaired) electrons. The maximum atomic E-state index is 4.38. The molecule has 1 unspecified atom stereocenters. The van der Waals surface area contributed by atoms with E-state index < -0.39 is 0 Å². The van der Waals surface area contributed by atoms with Gasteiger partial charge in [0.2, 0.25) is 0 Å². The Bertz CT molecular complexity index is 269. The highest BCUT2D eigenvalue weighted by Crippen LogP contribution is 2.31. The van der Waals surface area contributed by atoms with E-state index in [4.69, 9.17) is 0 Å². The van der Waals surface area contributed by atoms with Crippen LogP contribution >= 0.6 is 11.3 Å². The van der Waals surface area contributed by atoms with Crippen molar-refractivity contribution in [3.05, 3.63) is 16.6 Å². The summed E-state index contributed by atoms with van der Waals surface area (Å²) in [6.45, 7) is 11.2. The van der Waals surface area contributed by atoms with Gasteiger partial charge in [-0.2, -0.15) is 0 Å². The van der Waals surface area contributed by atoms with E-state index >= 15 is 0 Å². The monoisotopic (exact) mass is 226 g/mol. The summed E-state index contributed by atoms with van der Waals surface area (Å²) >= 11 is 1.76. The Morgan fingerprint density at radius 3 is 2.73 bits per heavy atom. The Labute approximate surface area is 97.1 Å². The molecule has 1 heterocycles. The third-order valence-corrected chi connectivity index (χ3v) is 3.99. The molecule has 1 rings (SSSR count). The number of nitrogens with one attached hydrogen (secondary N) is 1. The lowest BCUT2D eigenvalue weighted by molar-refractivity contribution is 0.208. The van der Waals surface area contributed by atoms with Crippen LogP contribution in [-0.4, -0.2) is 18.1 Å². The van der Waals surface area contributed by atoms with E-state index in [1.165, 1.54) is 5.01 Å². The molecule has 0 spiro atoms. The molecule has 86 valence electrons. The van der Waals surface area contributed by atoms with Crippen molar-refractivity contribution in [1.29, 1.82) is 0 Å². The van der Waals surface area contributed by atoms with Crippen molar-refractivity contribution in [3.8, 4) is 0 Å². The molecule has 0 aliphatic heterocycles. The molecule has 0 saturated heterocycles. The molecule has 1 atom stereocenters. The zero-order chi connectivity index (χ0) is 11.3. The molecule has 0 saturated carbocycles. The molecule has 2 nitrogen and oxygen atoms in total. The van der Waals surface area contributed by atoms with Gasteiger partial charge in [0.05, 0.1) is 5.01 Å². The summed E-state index contributed by atoms with van der Waals surface area (Å²) in [5, 5.41) is 6.77. The van der Waals surface area contributed by atoms with Crippen molar-refractivity contribution >= 4 is 11.3 Å². The van der Waals surface area contributed by atoms with Crippen LogP contribution in [0.3, 0.4) is 0 Å². The normalized spacial score (nSPS) is 15.5. The molecular formula is C12H22N2S. The van der Waals surface area contributed by atoms with Gasteiger partial charge >= 0.3 is 0 Å². The smallest absolute Gasteiger partial charge is 0.0930 e. The van der Waals surface area contributed by atoms with Crippen LogP contribution in [0, 0.1) is 11.3 Å². The van der Waals surface area contributed by atoms with Crippen LogP contribution in [0.25, 0.3) is 0 Å². The van der Waals surface area contributed by atoms with Gasteiger partial charge in [-0.05, 0) is 17.9 Å². The van der Waals surface area contributed by atoms with Crippen LogP contribution in [0.15, 0.2) is 11.6 Å². The van der Waals surface area contributed by atoms with Crippen LogP contribution in [0.4, 0.5) is 0 Å². The van der Waals surface area contributed by atoms with Crippen molar-refractivity contribution < 1.29 is 0 Å². The van der Waals surface area contributed by atoms with Crippen LogP contribution in [0.2, 0.25) is 0 Å². The van der Waals surface area contributed by atoms with E-state index in [1.807, 2.05) is 6.20 Å². The first-order chi connectivity index (χ1) is 7.08. The van der Waals surface area contributed by atoms with Gasteiger partial charge in [0.15, 0.2) is 0 Å². The Kier molecular flexibility index (Phi) is 4.74. The first-order valence-corrected chi connectivity index (χ1v) is 6.55. The van der Waals surface area contributed by atoms with Gasteiger partial charge in [-0.15, -0.1) is 11.3 Å². The van der Waals surface area contributed by atoms with Crippen molar-refractivity contribution in [3.63, 3.8) is 0 Å². The molecule has 0 amide bonds. The van der Waals surface area contributed by atoms with Gasteiger partial charge in [-0.25, -0.2) is 4.98 Å². The van der Waals surface area contributed by atoms with E-state index in [9.17, 15) is 0 Å². The maximum Gasteiger partial charge on any atom is 0.0930 e. The second kappa shape index (κ2) is 5.61. The average Bonchev–Trinajstić information content (AvgIpc) is 2.67. The fourth-order valence-electron chi connectivity index (χ4n) is 1.57. The van der Waals surface area contributed by atoms with Gasteiger partial charge in [-0.3, -0.25) is 0 Å².